The Morgan fingerprint density at radius 1 is 1.65 bits per heavy atom. The summed E-state index contributed by atoms with van der Waals surface area (Å²) in [5.74, 6) is 0.572. The van der Waals surface area contributed by atoms with Gasteiger partial charge in [0, 0.05) is 28.4 Å². The first kappa shape index (κ1) is 13.8. The van der Waals surface area contributed by atoms with E-state index in [1.165, 1.54) is 11.3 Å². The van der Waals surface area contributed by atoms with Crippen LogP contribution in [0.1, 0.15) is 30.7 Å². The number of thiophene rings is 1. The Labute approximate surface area is 120 Å². The molecule has 0 saturated carbocycles. The van der Waals surface area contributed by atoms with Gasteiger partial charge in [-0.1, -0.05) is 18.5 Å². The molecule has 2 unspecified atom stereocenters. The van der Waals surface area contributed by atoms with Crippen molar-refractivity contribution < 1.29 is 4.74 Å². The molecule has 1 saturated heterocycles. The molecule has 5 heteroatoms. The van der Waals surface area contributed by atoms with E-state index in [2.05, 4.69) is 34.2 Å². The lowest BCUT2D eigenvalue weighted by Gasteiger charge is -2.17. The predicted octanol–water partition coefficient (Wildman–Crippen LogP) is 4.24. The lowest BCUT2D eigenvalue weighted by molar-refractivity contribution is 0.0934. The standard InChI is InChI=1S/C12H17BrClNOS/c1-2-4-15-7-8-3-5-16-11(8)10-6-9(13)12(14)17-10/h6,8,11,15H,2-5,7H2,1H3. The van der Waals surface area contributed by atoms with Crippen LogP contribution in [0.2, 0.25) is 4.34 Å². The van der Waals surface area contributed by atoms with Gasteiger partial charge >= 0.3 is 0 Å². The van der Waals surface area contributed by atoms with Gasteiger partial charge in [0.15, 0.2) is 0 Å². The molecule has 2 nitrogen and oxygen atoms in total. The molecule has 0 spiro atoms. The number of nitrogens with one attached hydrogen (secondary N) is 1. The molecule has 0 aromatic carbocycles. The molecule has 0 amide bonds. The molecule has 17 heavy (non-hydrogen) atoms. The summed E-state index contributed by atoms with van der Waals surface area (Å²) in [4.78, 5) is 1.24. The zero-order valence-electron chi connectivity index (χ0n) is 9.84. The zero-order chi connectivity index (χ0) is 12.3. The predicted molar refractivity (Wildman–Crippen MR) is 77.0 cm³/mol. The highest BCUT2D eigenvalue weighted by atomic mass is 79.9. The maximum Gasteiger partial charge on any atom is 0.107 e. The van der Waals surface area contributed by atoms with Gasteiger partial charge in [0.05, 0.1) is 6.10 Å². The maximum absolute atomic E-state index is 6.08. The second kappa shape index (κ2) is 6.53. The second-order valence-corrected chi connectivity index (χ2v) is 6.85. The van der Waals surface area contributed by atoms with Crippen LogP contribution in [-0.4, -0.2) is 19.7 Å². The average molecular weight is 339 g/mol. The first-order chi connectivity index (χ1) is 8.22. The van der Waals surface area contributed by atoms with E-state index in [0.29, 0.717) is 5.92 Å². The van der Waals surface area contributed by atoms with Crippen molar-refractivity contribution in [2.45, 2.75) is 25.9 Å². The van der Waals surface area contributed by atoms with E-state index in [9.17, 15) is 0 Å². The van der Waals surface area contributed by atoms with E-state index in [-0.39, 0.29) is 6.10 Å². The van der Waals surface area contributed by atoms with Gasteiger partial charge in [-0.3, -0.25) is 0 Å². The molecule has 2 heterocycles. The second-order valence-electron chi connectivity index (χ2n) is 4.31. The van der Waals surface area contributed by atoms with Gasteiger partial charge in [-0.2, -0.15) is 0 Å². The van der Waals surface area contributed by atoms with E-state index in [0.717, 1.165) is 34.9 Å². The topological polar surface area (TPSA) is 21.3 Å². The minimum Gasteiger partial charge on any atom is -0.372 e. The van der Waals surface area contributed by atoms with Crippen molar-refractivity contribution in [2.24, 2.45) is 5.92 Å². The summed E-state index contributed by atoms with van der Waals surface area (Å²) in [6.07, 6.45) is 2.52. The fraction of sp³-hybridized carbons (Fsp3) is 0.667. The molecule has 0 bridgehead atoms. The van der Waals surface area contributed by atoms with E-state index in [4.69, 9.17) is 16.3 Å². The van der Waals surface area contributed by atoms with Crippen molar-refractivity contribution in [1.82, 2.24) is 5.32 Å². The molecule has 0 radical (unpaired) electrons. The molecule has 2 atom stereocenters. The Morgan fingerprint density at radius 3 is 3.12 bits per heavy atom. The molecular formula is C12H17BrClNOS. The SMILES string of the molecule is CCCNCC1CCOC1c1cc(Br)c(Cl)s1. The van der Waals surface area contributed by atoms with Crippen LogP contribution in [0.25, 0.3) is 0 Å². The van der Waals surface area contributed by atoms with E-state index >= 15 is 0 Å². The van der Waals surface area contributed by atoms with Crippen molar-refractivity contribution in [3.63, 3.8) is 0 Å². The van der Waals surface area contributed by atoms with Crippen LogP contribution in [0.5, 0.6) is 0 Å². The van der Waals surface area contributed by atoms with Crippen LogP contribution in [0.15, 0.2) is 10.5 Å². The summed E-state index contributed by atoms with van der Waals surface area (Å²) < 4.78 is 7.64. The Kier molecular flexibility index (Phi) is 5.30. The average Bonchev–Trinajstić information content (AvgIpc) is 2.87. The molecular weight excluding hydrogens is 322 g/mol. The fourth-order valence-corrected chi connectivity index (χ4v) is 4.00. The summed E-state index contributed by atoms with van der Waals surface area (Å²) >= 11 is 11.2. The van der Waals surface area contributed by atoms with Crippen molar-refractivity contribution in [1.29, 1.82) is 0 Å². The van der Waals surface area contributed by atoms with Crippen molar-refractivity contribution in [2.75, 3.05) is 19.7 Å². The molecule has 1 aliphatic heterocycles. The zero-order valence-corrected chi connectivity index (χ0v) is 13.0. The van der Waals surface area contributed by atoms with E-state index < -0.39 is 0 Å². The molecule has 1 fully saturated rings. The Bertz CT molecular complexity index is 352. The molecule has 2 rings (SSSR count). The van der Waals surface area contributed by atoms with Crippen LogP contribution >= 0.6 is 38.9 Å². The number of rotatable bonds is 5. The Hall–Kier alpha value is 0.390. The highest BCUT2D eigenvalue weighted by molar-refractivity contribution is 9.10. The van der Waals surface area contributed by atoms with Crippen LogP contribution in [0.3, 0.4) is 0 Å². The first-order valence-corrected chi connectivity index (χ1v) is 7.98. The Morgan fingerprint density at radius 2 is 2.47 bits per heavy atom. The van der Waals surface area contributed by atoms with Gasteiger partial charge in [0.1, 0.15) is 4.34 Å². The largest absolute Gasteiger partial charge is 0.372 e. The van der Waals surface area contributed by atoms with Gasteiger partial charge in [-0.05, 0) is 41.4 Å². The number of hydrogen-bond acceptors (Lipinski definition) is 3. The van der Waals surface area contributed by atoms with Gasteiger partial charge in [0.2, 0.25) is 0 Å². The minimum absolute atomic E-state index is 0.216. The quantitative estimate of drug-likeness (QED) is 0.811. The van der Waals surface area contributed by atoms with Gasteiger partial charge < -0.3 is 10.1 Å². The number of hydrogen-bond donors (Lipinski definition) is 1. The smallest absolute Gasteiger partial charge is 0.107 e. The molecule has 1 N–H and O–H groups in total. The summed E-state index contributed by atoms with van der Waals surface area (Å²) in [5, 5.41) is 3.48. The summed E-state index contributed by atoms with van der Waals surface area (Å²) in [6.45, 7) is 5.16. The van der Waals surface area contributed by atoms with Crippen molar-refractivity contribution in [3.05, 3.63) is 19.8 Å². The molecule has 1 aliphatic rings. The van der Waals surface area contributed by atoms with Gasteiger partial charge in [-0.25, -0.2) is 0 Å². The van der Waals surface area contributed by atoms with Gasteiger partial charge in [-0.15, -0.1) is 11.3 Å². The highest BCUT2D eigenvalue weighted by Crippen LogP contribution is 2.42. The lowest BCUT2D eigenvalue weighted by atomic mass is 10.0. The molecule has 0 aliphatic carbocycles. The Balaban J connectivity index is 1.98. The first-order valence-electron chi connectivity index (χ1n) is 5.99. The van der Waals surface area contributed by atoms with E-state index in [1.54, 1.807) is 11.3 Å². The summed E-state index contributed by atoms with van der Waals surface area (Å²) in [7, 11) is 0. The van der Waals surface area contributed by atoms with Crippen molar-refractivity contribution >= 4 is 38.9 Å². The lowest BCUT2D eigenvalue weighted by Crippen LogP contribution is -2.25. The van der Waals surface area contributed by atoms with Crippen molar-refractivity contribution in [3.8, 4) is 0 Å². The van der Waals surface area contributed by atoms with E-state index in [1.807, 2.05) is 0 Å². The third-order valence-corrected chi connectivity index (χ3v) is 5.53. The third-order valence-electron chi connectivity index (χ3n) is 2.99. The molecule has 1 aromatic rings. The van der Waals surface area contributed by atoms with Gasteiger partial charge in [0.25, 0.3) is 0 Å². The maximum atomic E-state index is 6.08. The molecule has 1 aromatic heterocycles. The van der Waals surface area contributed by atoms with Crippen LogP contribution in [0, 0.1) is 5.92 Å². The summed E-state index contributed by atoms with van der Waals surface area (Å²) in [5.41, 5.74) is 0. The number of ether oxygens (including phenoxy) is 1. The fourth-order valence-electron chi connectivity index (χ4n) is 2.13. The highest BCUT2D eigenvalue weighted by Gasteiger charge is 2.30. The van der Waals surface area contributed by atoms with Crippen LogP contribution in [-0.2, 0) is 4.74 Å². The molecule has 96 valence electrons. The third kappa shape index (κ3) is 3.44. The summed E-state index contributed by atoms with van der Waals surface area (Å²) in [6, 6.07) is 2.09. The monoisotopic (exact) mass is 337 g/mol. The van der Waals surface area contributed by atoms with Crippen LogP contribution < -0.4 is 5.32 Å². The normalized spacial score (nSPS) is 24.4. The minimum atomic E-state index is 0.216. The number of halogens is 2. The van der Waals surface area contributed by atoms with Crippen LogP contribution in [0.4, 0.5) is 0 Å².